The molecule has 3 aliphatic heterocycles. The van der Waals surface area contributed by atoms with E-state index in [-0.39, 0.29) is 42.1 Å². The van der Waals surface area contributed by atoms with Gasteiger partial charge in [0.1, 0.15) is 23.4 Å². The number of ether oxygens (including phenoxy) is 2. The summed E-state index contributed by atoms with van der Waals surface area (Å²) in [6, 6.07) is 9.30. The average molecular weight is 793 g/mol. The van der Waals surface area contributed by atoms with E-state index < -0.39 is 29.7 Å². The Kier molecular flexibility index (Phi) is 11.5. The molecule has 5 heterocycles. The first kappa shape index (κ1) is 39.9. The highest BCUT2D eigenvalue weighted by Gasteiger charge is 2.44. The topological polar surface area (TPSA) is 185 Å². The smallest absolute Gasteiger partial charge is 0.315 e. The van der Waals surface area contributed by atoms with Crippen LogP contribution in [0, 0.1) is 5.92 Å². The van der Waals surface area contributed by atoms with Gasteiger partial charge in [-0.05, 0) is 86.1 Å². The Labute approximate surface area is 335 Å². The Balaban J connectivity index is 0.907. The van der Waals surface area contributed by atoms with Gasteiger partial charge in [0.05, 0.1) is 36.3 Å². The molecule has 16 nitrogen and oxygen atoms in total. The molecule has 304 valence electrons. The average Bonchev–Trinajstić information content (AvgIpc) is 3.46. The summed E-state index contributed by atoms with van der Waals surface area (Å²) in [5.74, 6) is 0.326. The number of methoxy groups -OCH3 is 2. The Morgan fingerprint density at radius 1 is 0.897 bits per heavy atom. The van der Waals surface area contributed by atoms with Crippen LogP contribution in [0.25, 0.3) is 21.9 Å². The molecule has 2 aromatic carbocycles. The molecule has 0 spiro atoms. The predicted octanol–water partition coefficient (Wildman–Crippen LogP) is 3.19. The first-order valence-electron chi connectivity index (χ1n) is 19.4. The van der Waals surface area contributed by atoms with Crippen molar-refractivity contribution in [3.63, 3.8) is 0 Å². The standard InChI is InChI=1S/C42H48N8O8/c1-47(2)36-19-28-30(21-44-36)39(53)48(3)22-31(28)26-17-34(57-4)32(35(18-26)58-5)23-49-14-11-24(12-15-49)10-13-43-42(56)45-20-25-6-7-27-29(16-25)41(55)50(40(27)54)33-8-9-37(51)46-38(33)52/h6-7,16-19,21-22,24,33H,8-15,20,23H2,1-5H3,(H2,43,45,56)(H,46,51,52). The Morgan fingerprint density at radius 3 is 2.28 bits per heavy atom. The van der Waals surface area contributed by atoms with E-state index in [9.17, 15) is 28.8 Å². The molecule has 2 aromatic heterocycles. The molecule has 1 atom stereocenters. The van der Waals surface area contributed by atoms with Crippen molar-refractivity contribution in [3.05, 3.63) is 81.4 Å². The number of hydrogen-bond donors (Lipinski definition) is 3. The number of carbonyl (C=O) groups is 5. The molecule has 0 aliphatic carbocycles. The molecule has 0 saturated carbocycles. The molecule has 1 unspecified atom stereocenters. The van der Waals surface area contributed by atoms with Crippen LogP contribution >= 0.6 is 0 Å². The van der Waals surface area contributed by atoms with E-state index >= 15 is 0 Å². The number of likely N-dealkylation sites (tertiary alicyclic amines) is 1. The third kappa shape index (κ3) is 7.96. The number of amides is 6. The van der Waals surface area contributed by atoms with Crippen LogP contribution in [0.15, 0.2) is 53.6 Å². The Bertz CT molecular complexity index is 2340. The van der Waals surface area contributed by atoms with Gasteiger partial charge in [0, 0.05) is 70.5 Å². The van der Waals surface area contributed by atoms with E-state index in [2.05, 4.69) is 25.8 Å². The number of rotatable bonds is 12. The molecule has 3 aliphatic rings. The third-order valence-corrected chi connectivity index (χ3v) is 11.3. The molecule has 4 aromatic rings. The number of piperidine rings is 2. The number of aromatic nitrogens is 2. The van der Waals surface area contributed by atoms with Crippen molar-refractivity contribution >= 4 is 46.3 Å². The maximum atomic E-state index is 13.1. The molecular formula is C42H48N8O8. The highest BCUT2D eigenvalue weighted by Crippen LogP contribution is 2.39. The fourth-order valence-corrected chi connectivity index (χ4v) is 8.04. The molecule has 0 radical (unpaired) electrons. The lowest BCUT2D eigenvalue weighted by Gasteiger charge is -2.32. The van der Waals surface area contributed by atoms with Gasteiger partial charge >= 0.3 is 6.03 Å². The van der Waals surface area contributed by atoms with Gasteiger partial charge in [0.25, 0.3) is 17.4 Å². The minimum absolute atomic E-state index is 0.0473. The number of fused-ring (bicyclic) bond motifs is 2. The predicted molar refractivity (Wildman–Crippen MR) is 216 cm³/mol. The van der Waals surface area contributed by atoms with Crippen LogP contribution in [0.5, 0.6) is 11.5 Å². The number of anilines is 1. The quantitative estimate of drug-likeness (QED) is 0.179. The molecule has 3 N–H and O–H groups in total. The summed E-state index contributed by atoms with van der Waals surface area (Å²) in [4.78, 5) is 85.4. The summed E-state index contributed by atoms with van der Waals surface area (Å²) in [6.07, 6.45) is 6.36. The number of benzene rings is 2. The monoisotopic (exact) mass is 792 g/mol. The largest absolute Gasteiger partial charge is 0.496 e. The molecule has 7 rings (SSSR count). The summed E-state index contributed by atoms with van der Waals surface area (Å²) in [5, 5.41) is 9.27. The van der Waals surface area contributed by atoms with Gasteiger partial charge in [0.2, 0.25) is 11.8 Å². The molecule has 58 heavy (non-hydrogen) atoms. The normalized spacial score (nSPS) is 17.3. The summed E-state index contributed by atoms with van der Waals surface area (Å²) in [7, 11) is 8.86. The molecular weight excluding hydrogens is 745 g/mol. The fourth-order valence-electron chi connectivity index (χ4n) is 8.04. The van der Waals surface area contributed by atoms with Crippen molar-refractivity contribution < 1.29 is 33.4 Å². The molecule has 0 bridgehead atoms. The maximum Gasteiger partial charge on any atom is 0.315 e. The van der Waals surface area contributed by atoms with E-state index in [1.54, 1.807) is 44.2 Å². The maximum absolute atomic E-state index is 13.1. The molecule has 16 heteroatoms. The highest BCUT2D eigenvalue weighted by atomic mass is 16.5. The second-order valence-electron chi connectivity index (χ2n) is 15.2. The fraction of sp³-hybridized carbons (Fsp3) is 0.405. The summed E-state index contributed by atoms with van der Waals surface area (Å²) in [5.41, 5.74) is 3.54. The summed E-state index contributed by atoms with van der Waals surface area (Å²) < 4.78 is 13.4. The minimum Gasteiger partial charge on any atom is -0.496 e. The van der Waals surface area contributed by atoms with Gasteiger partial charge in [-0.25, -0.2) is 9.78 Å². The van der Waals surface area contributed by atoms with Crippen molar-refractivity contribution in [1.82, 2.24) is 35.3 Å². The SMILES string of the molecule is COc1cc(-c2cn(C)c(=O)c3cnc(N(C)C)cc23)cc(OC)c1CN1CCC(CCNC(=O)NCc2ccc3c(c2)C(=O)N(C2CCC(=O)NC2=O)C3=O)CC1. The van der Waals surface area contributed by atoms with Crippen LogP contribution in [0.2, 0.25) is 0 Å². The van der Waals surface area contributed by atoms with E-state index in [1.165, 1.54) is 6.07 Å². The van der Waals surface area contributed by atoms with Gasteiger partial charge in [-0.2, -0.15) is 0 Å². The van der Waals surface area contributed by atoms with E-state index in [0.29, 0.717) is 41.5 Å². The number of nitrogens with one attached hydrogen (secondary N) is 3. The molecule has 2 fully saturated rings. The zero-order valence-corrected chi connectivity index (χ0v) is 33.3. The van der Waals surface area contributed by atoms with Gasteiger partial charge < -0.3 is 29.6 Å². The number of nitrogens with zero attached hydrogens (tertiary/aromatic N) is 5. The van der Waals surface area contributed by atoms with Crippen molar-refractivity contribution in [1.29, 1.82) is 0 Å². The second-order valence-corrected chi connectivity index (χ2v) is 15.2. The van der Waals surface area contributed by atoms with Gasteiger partial charge in [0.15, 0.2) is 0 Å². The highest BCUT2D eigenvalue weighted by molar-refractivity contribution is 6.23. The van der Waals surface area contributed by atoms with Crippen molar-refractivity contribution in [2.75, 3.05) is 52.8 Å². The summed E-state index contributed by atoms with van der Waals surface area (Å²) >= 11 is 0. The first-order valence-corrected chi connectivity index (χ1v) is 19.4. The van der Waals surface area contributed by atoms with Crippen molar-refractivity contribution in [2.24, 2.45) is 13.0 Å². The number of aryl methyl sites for hydroxylation is 1. The van der Waals surface area contributed by atoms with Crippen LogP contribution < -0.4 is 35.9 Å². The summed E-state index contributed by atoms with van der Waals surface area (Å²) in [6.45, 7) is 3.03. The number of carbonyl (C=O) groups excluding carboxylic acids is 5. The second kappa shape index (κ2) is 16.7. The van der Waals surface area contributed by atoms with Crippen molar-refractivity contribution in [2.45, 2.75) is 51.2 Å². The number of hydrogen-bond acceptors (Lipinski definition) is 11. The van der Waals surface area contributed by atoms with Crippen molar-refractivity contribution in [3.8, 4) is 22.6 Å². The Hall–Kier alpha value is -6.29. The Morgan fingerprint density at radius 2 is 1.60 bits per heavy atom. The molecule has 6 amide bonds. The van der Waals surface area contributed by atoms with E-state index in [1.807, 2.05) is 43.4 Å². The first-order chi connectivity index (χ1) is 27.9. The third-order valence-electron chi connectivity index (χ3n) is 11.3. The van der Waals surface area contributed by atoms with Crippen LogP contribution in [-0.4, -0.2) is 103 Å². The van der Waals surface area contributed by atoms with Gasteiger partial charge in [-0.1, -0.05) is 6.07 Å². The zero-order chi connectivity index (χ0) is 41.2. The number of imide groups is 2. The minimum atomic E-state index is -1.03. The van der Waals surface area contributed by atoms with E-state index in [4.69, 9.17) is 9.47 Å². The molecule has 2 saturated heterocycles. The lowest BCUT2D eigenvalue weighted by molar-refractivity contribution is -0.136. The van der Waals surface area contributed by atoms with Crippen LogP contribution in [0.4, 0.5) is 10.6 Å². The van der Waals surface area contributed by atoms with Crippen LogP contribution in [0.3, 0.4) is 0 Å². The van der Waals surface area contributed by atoms with Crippen LogP contribution in [-0.2, 0) is 29.7 Å². The van der Waals surface area contributed by atoms with Crippen LogP contribution in [0.1, 0.15) is 63.9 Å². The lowest BCUT2D eigenvalue weighted by Crippen LogP contribution is -2.54. The zero-order valence-electron chi connectivity index (χ0n) is 33.3. The number of pyridine rings is 2. The van der Waals surface area contributed by atoms with E-state index in [0.717, 1.165) is 65.1 Å². The number of urea groups is 1. The van der Waals surface area contributed by atoms with Gasteiger partial charge in [-0.3, -0.25) is 39.1 Å². The van der Waals surface area contributed by atoms with Gasteiger partial charge in [-0.15, -0.1) is 0 Å². The lowest BCUT2D eigenvalue weighted by atomic mass is 9.93.